The Morgan fingerprint density at radius 1 is 1.56 bits per heavy atom. The van der Waals surface area contributed by atoms with E-state index in [1.165, 1.54) is 0 Å². The van der Waals surface area contributed by atoms with Crippen molar-refractivity contribution in [2.75, 3.05) is 40.4 Å². The van der Waals surface area contributed by atoms with E-state index in [0.717, 1.165) is 38.9 Å². The third-order valence-corrected chi connectivity index (χ3v) is 3.30. The monoisotopic (exact) mass is 228 g/mol. The second-order valence-electron chi connectivity index (χ2n) is 4.91. The van der Waals surface area contributed by atoms with E-state index >= 15 is 0 Å². The van der Waals surface area contributed by atoms with Gasteiger partial charge in [0.15, 0.2) is 0 Å². The molecule has 0 aliphatic carbocycles. The van der Waals surface area contributed by atoms with Crippen LogP contribution in [0.4, 0.5) is 0 Å². The molecule has 1 atom stereocenters. The van der Waals surface area contributed by atoms with Crippen molar-refractivity contribution in [3.63, 3.8) is 0 Å². The van der Waals surface area contributed by atoms with E-state index in [4.69, 9.17) is 4.74 Å². The summed E-state index contributed by atoms with van der Waals surface area (Å²) in [6.07, 6.45) is 2.99. The molecule has 0 aromatic rings. The molecule has 1 aliphatic heterocycles. The SMILES string of the molecule is COCCCN(C)C(=O)C1(C)CCCNC1. The Kier molecular flexibility index (Phi) is 5.22. The first kappa shape index (κ1) is 13.5. The van der Waals surface area contributed by atoms with Crippen LogP contribution < -0.4 is 5.32 Å². The van der Waals surface area contributed by atoms with Gasteiger partial charge in [0.2, 0.25) is 5.91 Å². The normalized spacial score (nSPS) is 25.4. The third-order valence-electron chi connectivity index (χ3n) is 3.30. The van der Waals surface area contributed by atoms with Gasteiger partial charge in [-0.2, -0.15) is 0 Å². The largest absolute Gasteiger partial charge is 0.385 e. The first-order chi connectivity index (χ1) is 7.60. The lowest BCUT2D eigenvalue weighted by atomic mass is 9.81. The molecule has 1 fully saturated rings. The van der Waals surface area contributed by atoms with Crippen molar-refractivity contribution in [1.82, 2.24) is 10.2 Å². The number of rotatable bonds is 5. The minimum absolute atomic E-state index is 0.208. The highest BCUT2D eigenvalue weighted by atomic mass is 16.5. The lowest BCUT2D eigenvalue weighted by Crippen LogP contribution is -2.49. The molecule has 4 heteroatoms. The Bertz CT molecular complexity index is 225. The van der Waals surface area contributed by atoms with Crippen molar-refractivity contribution >= 4 is 5.91 Å². The smallest absolute Gasteiger partial charge is 0.229 e. The fourth-order valence-electron chi connectivity index (χ4n) is 2.25. The number of carbonyl (C=O) groups excluding carboxylic acids is 1. The van der Waals surface area contributed by atoms with Gasteiger partial charge in [-0.05, 0) is 32.7 Å². The molecule has 1 N–H and O–H groups in total. The van der Waals surface area contributed by atoms with Crippen LogP contribution >= 0.6 is 0 Å². The van der Waals surface area contributed by atoms with E-state index in [1.54, 1.807) is 7.11 Å². The van der Waals surface area contributed by atoms with Gasteiger partial charge in [0.05, 0.1) is 5.41 Å². The lowest BCUT2D eigenvalue weighted by Gasteiger charge is -2.36. The summed E-state index contributed by atoms with van der Waals surface area (Å²) < 4.78 is 4.99. The minimum atomic E-state index is -0.208. The van der Waals surface area contributed by atoms with Crippen LogP contribution in [0, 0.1) is 5.41 Å². The second-order valence-corrected chi connectivity index (χ2v) is 4.91. The molecular weight excluding hydrogens is 204 g/mol. The van der Waals surface area contributed by atoms with Crippen LogP contribution in [0.25, 0.3) is 0 Å². The van der Waals surface area contributed by atoms with Gasteiger partial charge in [0.25, 0.3) is 0 Å². The Labute approximate surface area is 98.3 Å². The number of hydrogen-bond donors (Lipinski definition) is 1. The molecule has 0 aromatic heterocycles. The van der Waals surface area contributed by atoms with Crippen LogP contribution in [0.2, 0.25) is 0 Å². The molecule has 1 amide bonds. The Balaban J connectivity index is 2.41. The molecule has 0 aromatic carbocycles. The number of nitrogens with zero attached hydrogens (tertiary/aromatic N) is 1. The van der Waals surface area contributed by atoms with Gasteiger partial charge in [0, 0.05) is 33.9 Å². The number of piperidine rings is 1. The topological polar surface area (TPSA) is 41.6 Å². The van der Waals surface area contributed by atoms with Gasteiger partial charge in [-0.25, -0.2) is 0 Å². The molecule has 0 radical (unpaired) electrons. The molecule has 4 nitrogen and oxygen atoms in total. The highest BCUT2D eigenvalue weighted by molar-refractivity contribution is 5.82. The number of carbonyl (C=O) groups is 1. The maximum absolute atomic E-state index is 12.3. The molecule has 94 valence electrons. The van der Waals surface area contributed by atoms with Crippen molar-refractivity contribution in [3.05, 3.63) is 0 Å². The standard InChI is InChI=1S/C12H24N2O2/c1-12(6-4-7-13-10-12)11(15)14(2)8-5-9-16-3/h13H,4-10H2,1-3H3. The van der Waals surface area contributed by atoms with Crippen LogP contribution in [-0.2, 0) is 9.53 Å². The summed E-state index contributed by atoms with van der Waals surface area (Å²) in [6, 6.07) is 0. The fourth-order valence-corrected chi connectivity index (χ4v) is 2.25. The summed E-state index contributed by atoms with van der Waals surface area (Å²) in [7, 11) is 3.58. The highest BCUT2D eigenvalue weighted by Crippen LogP contribution is 2.27. The zero-order chi connectivity index (χ0) is 12.0. The van der Waals surface area contributed by atoms with Gasteiger partial charge in [-0.15, -0.1) is 0 Å². The summed E-state index contributed by atoms with van der Waals surface area (Å²) in [4.78, 5) is 14.1. The summed E-state index contributed by atoms with van der Waals surface area (Å²) >= 11 is 0. The quantitative estimate of drug-likeness (QED) is 0.710. The van der Waals surface area contributed by atoms with E-state index in [9.17, 15) is 4.79 Å². The Morgan fingerprint density at radius 2 is 2.31 bits per heavy atom. The van der Waals surface area contributed by atoms with Crippen LogP contribution in [0.5, 0.6) is 0 Å². The molecule has 1 unspecified atom stereocenters. The predicted molar refractivity (Wildman–Crippen MR) is 64.3 cm³/mol. The lowest BCUT2D eigenvalue weighted by molar-refractivity contribution is -0.141. The van der Waals surface area contributed by atoms with E-state index in [1.807, 2.05) is 11.9 Å². The molecule has 1 rings (SSSR count). The maximum atomic E-state index is 12.3. The average Bonchev–Trinajstić information content (AvgIpc) is 2.29. The molecular formula is C12H24N2O2. The molecule has 1 saturated heterocycles. The molecule has 16 heavy (non-hydrogen) atoms. The van der Waals surface area contributed by atoms with Crippen molar-refractivity contribution in [1.29, 1.82) is 0 Å². The van der Waals surface area contributed by atoms with Crippen molar-refractivity contribution in [2.24, 2.45) is 5.41 Å². The van der Waals surface area contributed by atoms with Crippen LogP contribution in [0.3, 0.4) is 0 Å². The van der Waals surface area contributed by atoms with E-state index < -0.39 is 0 Å². The first-order valence-electron chi connectivity index (χ1n) is 6.05. The first-order valence-corrected chi connectivity index (χ1v) is 6.05. The summed E-state index contributed by atoms with van der Waals surface area (Å²) in [5.74, 6) is 0.260. The van der Waals surface area contributed by atoms with Crippen molar-refractivity contribution < 1.29 is 9.53 Å². The van der Waals surface area contributed by atoms with Gasteiger partial charge in [0.1, 0.15) is 0 Å². The van der Waals surface area contributed by atoms with Crippen LogP contribution in [-0.4, -0.2) is 51.2 Å². The summed E-state index contributed by atoms with van der Waals surface area (Å²) in [6.45, 7) is 5.40. The van der Waals surface area contributed by atoms with E-state index in [2.05, 4.69) is 12.2 Å². The van der Waals surface area contributed by atoms with Crippen molar-refractivity contribution in [3.8, 4) is 0 Å². The molecule has 0 bridgehead atoms. The zero-order valence-corrected chi connectivity index (χ0v) is 10.7. The van der Waals surface area contributed by atoms with Gasteiger partial charge < -0.3 is 15.0 Å². The molecule has 1 heterocycles. The van der Waals surface area contributed by atoms with E-state index in [-0.39, 0.29) is 11.3 Å². The number of ether oxygens (including phenoxy) is 1. The van der Waals surface area contributed by atoms with Crippen LogP contribution in [0.1, 0.15) is 26.2 Å². The summed E-state index contributed by atoms with van der Waals surface area (Å²) in [5, 5.41) is 3.31. The minimum Gasteiger partial charge on any atom is -0.385 e. The highest BCUT2D eigenvalue weighted by Gasteiger charge is 2.36. The Hall–Kier alpha value is -0.610. The van der Waals surface area contributed by atoms with Gasteiger partial charge >= 0.3 is 0 Å². The fraction of sp³-hybridized carbons (Fsp3) is 0.917. The number of methoxy groups -OCH3 is 1. The zero-order valence-electron chi connectivity index (χ0n) is 10.7. The third kappa shape index (κ3) is 3.46. The number of amides is 1. The average molecular weight is 228 g/mol. The molecule has 1 aliphatic rings. The summed E-state index contributed by atoms with van der Waals surface area (Å²) in [5.41, 5.74) is -0.208. The second kappa shape index (κ2) is 6.21. The number of nitrogens with one attached hydrogen (secondary N) is 1. The Morgan fingerprint density at radius 3 is 2.88 bits per heavy atom. The predicted octanol–water partition coefficient (Wildman–Crippen LogP) is 0.871. The van der Waals surface area contributed by atoms with Crippen molar-refractivity contribution in [2.45, 2.75) is 26.2 Å². The molecule has 0 spiro atoms. The van der Waals surface area contributed by atoms with Gasteiger partial charge in [-0.1, -0.05) is 0 Å². The van der Waals surface area contributed by atoms with Gasteiger partial charge in [-0.3, -0.25) is 4.79 Å². The van der Waals surface area contributed by atoms with Crippen LogP contribution in [0.15, 0.2) is 0 Å². The maximum Gasteiger partial charge on any atom is 0.229 e. The number of hydrogen-bond acceptors (Lipinski definition) is 3. The van der Waals surface area contributed by atoms with E-state index in [0.29, 0.717) is 6.61 Å². The molecule has 0 saturated carbocycles.